The van der Waals surface area contributed by atoms with E-state index in [1.807, 2.05) is 4.90 Å². The number of amides is 2. The number of nitrogens with zero attached hydrogens (tertiary/aromatic N) is 2. The Morgan fingerprint density at radius 1 is 1.22 bits per heavy atom. The molecule has 0 aromatic heterocycles. The third-order valence-electron chi connectivity index (χ3n) is 4.13. The summed E-state index contributed by atoms with van der Waals surface area (Å²) in [5.74, 6) is 0.618. The molecule has 0 aromatic carbocycles. The lowest BCUT2D eigenvalue weighted by atomic mass is 9.95. The summed E-state index contributed by atoms with van der Waals surface area (Å²) in [6.45, 7) is 7.32. The summed E-state index contributed by atoms with van der Waals surface area (Å²) in [6, 6.07) is 0.0970. The van der Waals surface area contributed by atoms with E-state index in [9.17, 15) is 9.59 Å². The van der Waals surface area contributed by atoms with Gasteiger partial charge >= 0.3 is 12.0 Å². The molecule has 1 atom stereocenters. The van der Waals surface area contributed by atoms with Crippen LogP contribution in [0.25, 0.3) is 0 Å². The zero-order chi connectivity index (χ0) is 13.3. The van der Waals surface area contributed by atoms with Crippen molar-refractivity contribution in [1.82, 2.24) is 9.80 Å². The lowest BCUT2D eigenvalue weighted by molar-refractivity contribution is -0.139. The average molecular weight is 254 g/mol. The molecule has 0 saturated carbocycles. The van der Waals surface area contributed by atoms with E-state index in [-0.39, 0.29) is 18.4 Å². The number of aliphatic carboxylic acids is 1. The molecule has 1 unspecified atom stereocenters. The van der Waals surface area contributed by atoms with E-state index in [4.69, 9.17) is 5.11 Å². The van der Waals surface area contributed by atoms with Gasteiger partial charge in [-0.15, -0.1) is 0 Å². The van der Waals surface area contributed by atoms with Crippen LogP contribution < -0.4 is 0 Å². The van der Waals surface area contributed by atoms with Gasteiger partial charge in [0.05, 0.1) is 6.42 Å². The molecule has 0 aliphatic carbocycles. The second kappa shape index (κ2) is 5.16. The van der Waals surface area contributed by atoms with Crippen LogP contribution >= 0.6 is 0 Å². The summed E-state index contributed by atoms with van der Waals surface area (Å²) in [5, 5.41) is 8.67. The SMILES string of the molecule is CC(C)C1CCN(C(=O)N2CC(CC(=O)O)C2)C1. The normalized spacial score (nSPS) is 24.5. The quantitative estimate of drug-likeness (QED) is 0.830. The molecule has 0 aromatic rings. The lowest BCUT2D eigenvalue weighted by Crippen LogP contribution is -2.54. The predicted octanol–water partition coefficient (Wildman–Crippen LogP) is 1.49. The number of carbonyl (C=O) groups excluding carboxylic acids is 1. The van der Waals surface area contributed by atoms with Gasteiger partial charge in [-0.25, -0.2) is 4.79 Å². The van der Waals surface area contributed by atoms with Crippen molar-refractivity contribution < 1.29 is 14.7 Å². The fourth-order valence-electron chi connectivity index (χ4n) is 2.81. The minimum absolute atomic E-state index is 0.0970. The zero-order valence-corrected chi connectivity index (χ0v) is 11.1. The van der Waals surface area contributed by atoms with Gasteiger partial charge in [0.1, 0.15) is 0 Å². The van der Waals surface area contributed by atoms with Gasteiger partial charge in [-0.3, -0.25) is 4.79 Å². The van der Waals surface area contributed by atoms with Crippen molar-refractivity contribution in [2.75, 3.05) is 26.2 Å². The molecule has 2 amide bonds. The second-order valence-electron chi connectivity index (χ2n) is 5.89. The Bertz CT molecular complexity index is 337. The predicted molar refractivity (Wildman–Crippen MR) is 67.2 cm³/mol. The molecular formula is C13H22N2O3. The summed E-state index contributed by atoms with van der Waals surface area (Å²) in [5.41, 5.74) is 0. The van der Waals surface area contributed by atoms with E-state index >= 15 is 0 Å². The highest BCUT2D eigenvalue weighted by atomic mass is 16.4. The first-order valence-corrected chi connectivity index (χ1v) is 6.73. The maximum atomic E-state index is 12.1. The van der Waals surface area contributed by atoms with Crippen LogP contribution in [0.1, 0.15) is 26.7 Å². The van der Waals surface area contributed by atoms with E-state index < -0.39 is 5.97 Å². The maximum absolute atomic E-state index is 12.1. The third-order valence-corrected chi connectivity index (χ3v) is 4.13. The van der Waals surface area contributed by atoms with E-state index in [1.54, 1.807) is 4.90 Å². The number of hydrogen-bond acceptors (Lipinski definition) is 2. The standard InChI is InChI=1S/C13H22N2O3/c1-9(2)11-3-4-14(8-11)13(18)15-6-10(7-15)5-12(16)17/h9-11H,3-8H2,1-2H3,(H,16,17). The van der Waals surface area contributed by atoms with Crippen LogP contribution in [0.2, 0.25) is 0 Å². The molecule has 102 valence electrons. The van der Waals surface area contributed by atoms with Crippen LogP contribution in [-0.4, -0.2) is 53.1 Å². The Hall–Kier alpha value is -1.26. The number of carbonyl (C=O) groups is 2. The molecule has 0 radical (unpaired) electrons. The Morgan fingerprint density at radius 3 is 2.39 bits per heavy atom. The minimum atomic E-state index is -0.770. The summed E-state index contributed by atoms with van der Waals surface area (Å²) in [6.07, 6.45) is 1.27. The van der Waals surface area contributed by atoms with Crippen molar-refractivity contribution in [3.8, 4) is 0 Å². The molecule has 2 saturated heterocycles. The Balaban J connectivity index is 1.76. The van der Waals surface area contributed by atoms with Crippen LogP contribution in [0.5, 0.6) is 0 Å². The molecule has 5 nitrogen and oxygen atoms in total. The zero-order valence-electron chi connectivity index (χ0n) is 11.1. The highest BCUT2D eigenvalue weighted by Gasteiger charge is 2.37. The van der Waals surface area contributed by atoms with Gasteiger partial charge in [0.15, 0.2) is 0 Å². The summed E-state index contributed by atoms with van der Waals surface area (Å²) < 4.78 is 0. The van der Waals surface area contributed by atoms with Crippen molar-refractivity contribution in [2.24, 2.45) is 17.8 Å². The first-order chi connectivity index (χ1) is 8.47. The topological polar surface area (TPSA) is 60.9 Å². The Morgan fingerprint density at radius 2 is 1.89 bits per heavy atom. The van der Waals surface area contributed by atoms with Crippen molar-refractivity contribution in [2.45, 2.75) is 26.7 Å². The molecule has 5 heteroatoms. The maximum Gasteiger partial charge on any atom is 0.320 e. The number of rotatable bonds is 3. The van der Waals surface area contributed by atoms with Crippen LogP contribution in [0.15, 0.2) is 0 Å². The van der Waals surface area contributed by atoms with E-state index in [0.717, 1.165) is 19.5 Å². The van der Waals surface area contributed by atoms with Gasteiger partial charge in [-0.05, 0) is 18.3 Å². The summed E-state index contributed by atoms with van der Waals surface area (Å²) >= 11 is 0. The van der Waals surface area contributed by atoms with Gasteiger partial charge in [0.25, 0.3) is 0 Å². The number of urea groups is 1. The van der Waals surface area contributed by atoms with E-state index in [0.29, 0.717) is 24.9 Å². The van der Waals surface area contributed by atoms with Crippen molar-refractivity contribution in [3.05, 3.63) is 0 Å². The van der Waals surface area contributed by atoms with Gasteiger partial charge in [-0.2, -0.15) is 0 Å². The minimum Gasteiger partial charge on any atom is -0.481 e. The highest BCUT2D eigenvalue weighted by molar-refractivity contribution is 5.76. The fourth-order valence-corrected chi connectivity index (χ4v) is 2.81. The van der Waals surface area contributed by atoms with Gasteiger partial charge in [0.2, 0.25) is 0 Å². The smallest absolute Gasteiger partial charge is 0.320 e. The molecule has 2 heterocycles. The first kappa shape index (κ1) is 13.2. The van der Waals surface area contributed by atoms with Gasteiger partial charge < -0.3 is 14.9 Å². The summed E-state index contributed by atoms with van der Waals surface area (Å²) in [7, 11) is 0. The molecule has 2 aliphatic rings. The van der Waals surface area contributed by atoms with Crippen molar-refractivity contribution in [1.29, 1.82) is 0 Å². The molecule has 2 fully saturated rings. The number of carboxylic acid groups (broad SMARTS) is 1. The monoisotopic (exact) mass is 254 g/mol. The van der Waals surface area contributed by atoms with Crippen LogP contribution in [0.3, 0.4) is 0 Å². The molecular weight excluding hydrogens is 232 g/mol. The van der Waals surface area contributed by atoms with E-state index in [2.05, 4.69) is 13.8 Å². The van der Waals surface area contributed by atoms with E-state index in [1.165, 1.54) is 0 Å². The number of carboxylic acids is 1. The Labute approximate surface area is 108 Å². The molecule has 2 rings (SSSR count). The molecule has 0 spiro atoms. The lowest BCUT2D eigenvalue weighted by Gasteiger charge is -2.40. The molecule has 18 heavy (non-hydrogen) atoms. The van der Waals surface area contributed by atoms with Crippen LogP contribution in [-0.2, 0) is 4.79 Å². The average Bonchev–Trinajstić information content (AvgIpc) is 2.70. The van der Waals surface area contributed by atoms with Crippen molar-refractivity contribution >= 4 is 12.0 Å². The largest absolute Gasteiger partial charge is 0.481 e. The van der Waals surface area contributed by atoms with Gasteiger partial charge in [-0.1, -0.05) is 13.8 Å². The van der Waals surface area contributed by atoms with Crippen LogP contribution in [0, 0.1) is 17.8 Å². The number of likely N-dealkylation sites (tertiary alicyclic amines) is 2. The van der Waals surface area contributed by atoms with Crippen molar-refractivity contribution in [3.63, 3.8) is 0 Å². The Kier molecular flexibility index (Phi) is 3.78. The first-order valence-electron chi connectivity index (χ1n) is 6.73. The molecule has 0 bridgehead atoms. The second-order valence-corrected chi connectivity index (χ2v) is 5.89. The third kappa shape index (κ3) is 2.76. The molecule has 1 N–H and O–H groups in total. The van der Waals surface area contributed by atoms with Gasteiger partial charge in [0, 0.05) is 32.1 Å². The summed E-state index contributed by atoms with van der Waals surface area (Å²) in [4.78, 5) is 26.4. The molecule has 2 aliphatic heterocycles. The highest BCUT2D eigenvalue weighted by Crippen LogP contribution is 2.27. The number of hydrogen-bond donors (Lipinski definition) is 1. The fraction of sp³-hybridized carbons (Fsp3) is 0.846. The van der Waals surface area contributed by atoms with Crippen LogP contribution in [0.4, 0.5) is 4.79 Å².